The van der Waals surface area contributed by atoms with Gasteiger partial charge in [-0.2, -0.15) is 0 Å². The Morgan fingerprint density at radius 1 is 1.00 bits per heavy atom. The molecule has 0 aliphatic carbocycles. The molecule has 0 spiro atoms. The summed E-state index contributed by atoms with van der Waals surface area (Å²) < 4.78 is 44.3. The van der Waals surface area contributed by atoms with Gasteiger partial charge < -0.3 is 14.6 Å². The Balaban J connectivity index is 1.44. The molecule has 0 radical (unpaired) electrons. The van der Waals surface area contributed by atoms with Crippen LogP contribution in [0.15, 0.2) is 78.0 Å². The zero-order chi connectivity index (χ0) is 24.6. The molecule has 1 aliphatic rings. The van der Waals surface area contributed by atoms with Crippen molar-refractivity contribution in [1.82, 2.24) is 14.9 Å². The van der Waals surface area contributed by atoms with Gasteiger partial charge in [0.2, 0.25) is 0 Å². The van der Waals surface area contributed by atoms with Crippen molar-refractivity contribution in [2.75, 3.05) is 5.32 Å². The second-order valence-corrected chi connectivity index (χ2v) is 8.41. The first-order valence-electron chi connectivity index (χ1n) is 10.2. The summed E-state index contributed by atoms with van der Waals surface area (Å²) >= 11 is 0.846. The number of hydrogen-bond acceptors (Lipinski definition) is 6. The fraction of sp³-hybridized carbons (Fsp3) is 0.0417. The van der Waals surface area contributed by atoms with Crippen molar-refractivity contribution in [3.63, 3.8) is 0 Å². The number of rotatable bonds is 5. The van der Waals surface area contributed by atoms with Crippen LogP contribution < -0.4 is 15.4 Å². The van der Waals surface area contributed by atoms with E-state index >= 15 is 0 Å². The number of nitrogens with zero attached hydrogens (tertiary/aromatic N) is 2. The molecule has 0 saturated carbocycles. The van der Waals surface area contributed by atoms with Crippen LogP contribution in [0.3, 0.4) is 0 Å². The molecule has 1 fully saturated rings. The second-order valence-electron chi connectivity index (χ2n) is 7.39. The van der Waals surface area contributed by atoms with Gasteiger partial charge >= 0.3 is 6.36 Å². The van der Waals surface area contributed by atoms with Gasteiger partial charge in [-0.1, -0.05) is 24.3 Å². The predicted octanol–water partition coefficient (Wildman–Crippen LogP) is 5.99. The van der Waals surface area contributed by atoms with Gasteiger partial charge in [0.05, 0.1) is 16.3 Å². The Labute approximate surface area is 200 Å². The average Bonchev–Trinajstić information content (AvgIpc) is 3.38. The molecule has 1 aliphatic heterocycles. The van der Waals surface area contributed by atoms with Gasteiger partial charge in [-0.05, 0) is 59.8 Å². The molecule has 1 saturated heterocycles. The van der Waals surface area contributed by atoms with Crippen LogP contribution in [0.5, 0.6) is 5.75 Å². The summed E-state index contributed by atoms with van der Waals surface area (Å²) in [5.74, 6) is -0.767. The van der Waals surface area contributed by atoms with Gasteiger partial charge in [-0.15, -0.1) is 13.2 Å². The number of para-hydroxylation sites is 2. The third kappa shape index (κ3) is 4.85. The maximum atomic E-state index is 12.8. The number of anilines is 2. The molecule has 2 N–H and O–H groups in total. The number of nitrogens with one attached hydrogen (secondary N) is 2. The highest BCUT2D eigenvalue weighted by molar-refractivity contribution is 8.18. The Morgan fingerprint density at radius 2 is 1.77 bits per heavy atom. The Morgan fingerprint density at radius 3 is 2.49 bits per heavy atom. The number of carbonyl (C=O) groups is 2. The average molecular weight is 496 g/mol. The van der Waals surface area contributed by atoms with Crippen LogP contribution in [0.1, 0.15) is 5.56 Å². The number of benzene rings is 2. The Kier molecular flexibility index (Phi) is 5.69. The molecule has 2 amide bonds. The minimum Gasteiger partial charge on any atom is -0.404 e. The maximum Gasteiger partial charge on any atom is 0.573 e. The minimum absolute atomic E-state index is 0.162. The normalized spacial score (nSPS) is 15.0. The third-order valence-corrected chi connectivity index (χ3v) is 5.89. The summed E-state index contributed by atoms with van der Waals surface area (Å²) in [7, 11) is 0. The molecule has 35 heavy (non-hydrogen) atoms. The van der Waals surface area contributed by atoms with Crippen LogP contribution in [0.2, 0.25) is 0 Å². The number of aromatic nitrogens is 2. The smallest absolute Gasteiger partial charge is 0.404 e. The number of hydrogen-bond donors (Lipinski definition) is 2. The molecule has 2 aromatic carbocycles. The predicted molar refractivity (Wildman–Crippen MR) is 127 cm³/mol. The lowest BCUT2D eigenvalue weighted by Gasteiger charge is -2.15. The summed E-state index contributed by atoms with van der Waals surface area (Å²) in [6.07, 6.45) is 0.170. The van der Waals surface area contributed by atoms with E-state index in [1.54, 1.807) is 48.8 Å². The topological polar surface area (TPSA) is 85.2 Å². The van der Waals surface area contributed by atoms with Gasteiger partial charge in [-0.3, -0.25) is 14.9 Å². The molecule has 7 nitrogen and oxygen atoms in total. The number of carbonyl (C=O) groups excluding carboxylic acids is 2. The van der Waals surface area contributed by atoms with Gasteiger partial charge in [0.1, 0.15) is 5.65 Å². The van der Waals surface area contributed by atoms with Crippen LogP contribution >= 0.6 is 11.8 Å². The number of imide groups is 1. The van der Waals surface area contributed by atoms with Crippen molar-refractivity contribution < 1.29 is 27.5 Å². The molecular formula is C24H15F3N4O3S. The molecule has 0 bridgehead atoms. The fourth-order valence-electron chi connectivity index (χ4n) is 3.59. The summed E-state index contributed by atoms with van der Waals surface area (Å²) in [6.45, 7) is 0. The first-order chi connectivity index (χ1) is 16.8. The van der Waals surface area contributed by atoms with Crippen LogP contribution in [0.25, 0.3) is 22.8 Å². The van der Waals surface area contributed by atoms with Crippen molar-refractivity contribution >= 4 is 51.4 Å². The highest BCUT2D eigenvalue weighted by Crippen LogP contribution is 2.34. The molecule has 0 unspecified atom stereocenters. The lowest BCUT2D eigenvalue weighted by molar-refractivity contribution is -0.274. The largest absolute Gasteiger partial charge is 0.573 e. The van der Waals surface area contributed by atoms with Crippen molar-refractivity contribution in [3.05, 3.63) is 83.5 Å². The van der Waals surface area contributed by atoms with E-state index in [-0.39, 0.29) is 11.4 Å². The summed E-state index contributed by atoms with van der Waals surface area (Å²) in [5.41, 5.74) is 2.84. The van der Waals surface area contributed by atoms with E-state index in [2.05, 4.69) is 20.4 Å². The van der Waals surface area contributed by atoms with Crippen LogP contribution in [0.4, 0.5) is 29.3 Å². The van der Waals surface area contributed by atoms with Crippen LogP contribution in [-0.2, 0) is 4.79 Å². The van der Waals surface area contributed by atoms with Crippen LogP contribution in [0, 0.1) is 0 Å². The van der Waals surface area contributed by atoms with Crippen molar-refractivity contribution in [3.8, 4) is 11.4 Å². The number of pyridine rings is 1. The van der Waals surface area contributed by atoms with Gasteiger partial charge in [0, 0.05) is 23.5 Å². The monoisotopic (exact) mass is 496 g/mol. The number of fused-ring (bicyclic) bond motifs is 1. The number of amides is 2. The highest BCUT2D eigenvalue weighted by atomic mass is 32.2. The third-order valence-electron chi connectivity index (χ3n) is 5.08. The molecule has 5 rings (SSSR count). The Bertz CT molecular complexity index is 1480. The van der Waals surface area contributed by atoms with E-state index in [0.717, 1.165) is 23.0 Å². The first kappa shape index (κ1) is 22.5. The molecule has 176 valence electrons. The van der Waals surface area contributed by atoms with E-state index < -0.39 is 17.5 Å². The summed E-state index contributed by atoms with van der Waals surface area (Å²) in [6, 6.07) is 16.5. The van der Waals surface area contributed by atoms with Gasteiger partial charge in [-0.25, -0.2) is 4.98 Å². The van der Waals surface area contributed by atoms with E-state index in [1.807, 2.05) is 16.7 Å². The second kappa shape index (κ2) is 8.84. The Hall–Kier alpha value is -4.25. The van der Waals surface area contributed by atoms with Crippen LogP contribution in [-0.4, -0.2) is 27.1 Å². The zero-order valence-corrected chi connectivity index (χ0v) is 18.5. The maximum absolute atomic E-state index is 12.8. The zero-order valence-electron chi connectivity index (χ0n) is 17.7. The van der Waals surface area contributed by atoms with Gasteiger partial charge in [0.15, 0.2) is 5.75 Å². The van der Waals surface area contributed by atoms with Crippen molar-refractivity contribution in [2.24, 2.45) is 0 Å². The van der Waals surface area contributed by atoms with E-state index in [0.29, 0.717) is 21.6 Å². The number of halogens is 3. The van der Waals surface area contributed by atoms with Crippen molar-refractivity contribution in [2.45, 2.75) is 6.36 Å². The van der Waals surface area contributed by atoms with E-state index in [9.17, 15) is 22.8 Å². The fourth-order valence-corrected chi connectivity index (χ4v) is 4.27. The lowest BCUT2D eigenvalue weighted by atomic mass is 10.2. The van der Waals surface area contributed by atoms with E-state index in [4.69, 9.17) is 0 Å². The standard InChI is InChI=1S/C24H15F3N4O3S/c25-24(26,27)34-19-4-2-1-3-18(19)29-17-9-11-28-21-16(17)10-12-31(21)15-7-5-14(6-8-15)13-20-22(32)30-23(33)35-20/h1-13H,(H,28,29)(H,30,32,33)/b20-13+. The molecule has 4 aromatic rings. The SMILES string of the molecule is O=C1NC(=O)/C(=C\c2ccc(-n3ccc4c(Nc5ccccc5OC(F)(F)F)ccnc43)cc2)S1. The number of thioether (sulfide) groups is 1. The van der Waals surface area contributed by atoms with Gasteiger partial charge in [0.25, 0.3) is 11.1 Å². The van der Waals surface area contributed by atoms with Crippen molar-refractivity contribution in [1.29, 1.82) is 0 Å². The van der Waals surface area contributed by atoms with E-state index in [1.165, 1.54) is 18.2 Å². The molecule has 2 aromatic heterocycles. The first-order valence-corrected chi connectivity index (χ1v) is 11.0. The quantitative estimate of drug-likeness (QED) is 0.330. The highest BCUT2D eigenvalue weighted by Gasteiger charge is 2.32. The number of ether oxygens (including phenoxy) is 1. The summed E-state index contributed by atoms with van der Waals surface area (Å²) in [5, 5.41) is 5.51. The molecule has 0 atom stereocenters. The summed E-state index contributed by atoms with van der Waals surface area (Å²) in [4.78, 5) is 27.8. The minimum atomic E-state index is -4.81. The lowest BCUT2D eigenvalue weighted by Crippen LogP contribution is -2.17. The molecular weight excluding hydrogens is 481 g/mol. The number of alkyl halides is 3. The molecule has 11 heteroatoms. The molecule has 3 heterocycles.